The first kappa shape index (κ1) is 33.5. The van der Waals surface area contributed by atoms with E-state index in [1.807, 2.05) is 12.1 Å². The summed E-state index contributed by atoms with van der Waals surface area (Å²) < 4.78 is 0. The van der Waals surface area contributed by atoms with Gasteiger partial charge < -0.3 is 0 Å². The summed E-state index contributed by atoms with van der Waals surface area (Å²) in [7, 11) is 0. The third-order valence-electron chi connectivity index (χ3n) is 11.1. The van der Waals surface area contributed by atoms with Gasteiger partial charge in [-0.3, -0.25) is 0 Å². The van der Waals surface area contributed by atoms with Crippen LogP contribution in [-0.4, -0.2) is 19.9 Å². The predicted molar refractivity (Wildman–Crippen MR) is 240 cm³/mol. The molecule has 11 aromatic rings. The molecule has 0 aliphatic rings. The number of hydrogen-bond donors (Lipinski definition) is 0. The van der Waals surface area contributed by atoms with Gasteiger partial charge in [0.05, 0.1) is 22.4 Å². The summed E-state index contributed by atoms with van der Waals surface area (Å²) in [5, 5.41) is 6.72. The molecular formula is C54H34N4. The van der Waals surface area contributed by atoms with Gasteiger partial charge in [0.2, 0.25) is 0 Å². The molecule has 9 aromatic carbocycles. The minimum absolute atomic E-state index is 0.668. The van der Waals surface area contributed by atoms with Crippen molar-refractivity contribution in [1.29, 1.82) is 0 Å². The number of hydrogen-bond acceptors (Lipinski definition) is 4. The molecule has 0 radical (unpaired) electrons. The Balaban J connectivity index is 1.02. The number of benzene rings is 9. The largest absolute Gasteiger partial charge is 0.228 e. The molecule has 0 fully saturated rings. The Labute approximate surface area is 335 Å². The second kappa shape index (κ2) is 14.0. The predicted octanol–water partition coefficient (Wildman–Crippen LogP) is 13.9. The maximum Gasteiger partial charge on any atom is 0.160 e. The van der Waals surface area contributed by atoms with Gasteiger partial charge in [0.15, 0.2) is 11.6 Å². The van der Waals surface area contributed by atoms with E-state index in [0.29, 0.717) is 11.6 Å². The van der Waals surface area contributed by atoms with Crippen molar-refractivity contribution >= 4 is 43.4 Å². The molecule has 58 heavy (non-hydrogen) atoms. The summed E-state index contributed by atoms with van der Waals surface area (Å²) in [6.45, 7) is 0. The fraction of sp³-hybridized carbons (Fsp3) is 0. The Morgan fingerprint density at radius 2 is 0.534 bits per heavy atom. The smallest absolute Gasteiger partial charge is 0.160 e. The summed E-state index contributed by atoms with van der Waals surface area (Å²) in [6.07, 6.45) is 0. The van der Waals surface area contributed by atoms with Gasteiger partial charge in [-0.25, -0.2) is 19.9 Å². The van der Waals surface area contributed by atoms with Crippen LogP contribution in [0.4, 0.5) is 0 Å². The van der Waals surface area contributed by atoms with Crippen LogP contribution in [0, 0.1) is 0 Å². The van der Waals surface area contributed by atoms with Gasteiger partial charge >= 0.3 is 0 Å². The van der Waals surface area contributed by atoms with Crippen molar-refractivity contribution in [3.8, 4) is 67.5 Å². The van der Waals surface area contributed by atoms with Gasteiger partial charge in [-0.1, -0.05) is 194 Å². The topological polar surface area (TPSA) is 51.6 Å². The summed E-state index contributed by atoms with van der Waals surface area (Å²) >= 11 is 0. The molecule has 0 bridgehead atoms. The van der Waals surface area contributed by atoms with E-state index in [1.165, 1.54) is 33.0 Å². The molecule has 0 aliphatic heterocycles. The second-order valence-corrected chi connectivity index (χ2v) is 14.5. The zero-order chi connectivity index (χ0) is 38.4. The quantitative estimate of drug-likeness (QED) is 0.170. The van der Waals surface area contributed by atoms with Crippen LogP contribution < -0.4 is 0 Å². The molecule has 0 saturated carbocycles. The molecule has 0 spiro atoms. The highest BCUT2D eigenvalue weighted by molar-refractivity contribution is 6.09. The molecular weight excluding hydrogens is 705 g/mol. The lowest BCUT2D eigenvalue weighted by atomic mass is 9.93. The fourth-order valence-electron chi connectivity index (χ4n) is 8.36. The summed E-state index contributed by atoms with van der Waals surface area (Å²) in [4.78, 5) is 20.8. The molecule has 0 amide bonds. The van der Waals surface area contributed by atoms with Crippen molar-refractivity contribution < 1.29 is 0 Å². The zero-order valence-electron chi connectivity index (χ0n) is 31.4. The minimum atomic E-state index is 0.668. The molecule has 4 heteroatoms. The van der Waals surface area contributed by atoms with E-state index in [-0.39, 0.29) is 0 Å². The molecule has 0 N–H and O–H groups in total. The normalized spacial score (nSPS) is 11.4. The van der Waals surface area contributed by atoms with Gasteiger partial charge in [-0.2, -0.15) is 0 Å². The highest BCUT2D eigenvalue weighted by atomic mass is 14.9. The standard InChI is InChI=1S/C54H34N4/c1-3-15-35(16-4-1)39-21-11-25-43-41(39)23-13-27-45(43)51-47-19-7-9-29-49(47)55-53(57-51)37-31-33-38(34-32-37)54-56-50-30-10-8-20-48(50)52(58-54)46-28-14-24-42-40(22-12-26-44(42)46)36-17-5-2-6-18-36/h1-34H. The van der Waals surface area contributed by atoms with E-state index in [9.17, 15) is 0 Å². The number of rotatable bonds is 6. The van der Waals surface area contributed by atoms with Crippen LogP contribution in [0.25, 0.3) is 111 Å². The number of fused-ring (bicyclic) bond motifs is 4. The van der Waals surface area contributed by atoms with Crippen LogP contribution in [0.3, 0.4) is 0 Å². The third kappa shape index (κ3) is 5.78. The first-order valence-electron chi connectivity index (χ1n) is 19.6. The van der Waals surface area contributed by atoms with Crippen LogP contribution in [0.2, 0.25) is 0 Å². The maximum absolute atomic E-state index is 5.31. The van der Waals surface area contributed by atoms with Crippen molar-refractivity contribution in [2.24, 2.45) is 0 Å². The van der Waals surface area contributed by atoms with Crippen LogP contribution in [-0.2, 0) is 0 Å². The number of aromatic nitrogens is 4. The molecule has 4 nitrogen and oxygen atoms in total. The maximum atomic E-state index is 5.31. The lowest BCUT2D eigenvalue weighted by molar-refractivity contribution is 1.22. The Morgan fingerprint density at radius 1 is 0.207 bits per heavy atom. The molecule has 0 atom stereocenters. The van der Waals surface area contributed by atoms with E-state index in [1.54, 1.807) is 0 Å². The van der Waals surface area contributed by atoms with E-state index < -0.39 is 0 Å². The Hall–Kier alpha value is -7.82. The highest BCUT2D eigenvalue weighted by Gasteiger charge is 2.18. The first-order chi connectivity index (χ1) is 28.8. The van der Waals surface area contributed by atoms with E-state index >= 15 is 0 Å². The molecule has 11 rings (SSSR count). The zero-order valence-corrected chi connectivity index (χ0v) is 31.4. The summed E-state index contributed by atoms with van der Waals surface area (Å²) in [5.74, 6) is 1.34. The van der Waals surface area contributed by atoms with Crippen molar-refractivity contribution in [3.05, 3.63) is 206 Å². The van der Waals surface area contributed by atoms with Crippen LogP contribution in [0.1, 0.15) is 0 Å². The molecule has 0 aliphatic carbocycles. The molecule has 0 saturated heterocycles. The molecule has 270 valence electrons. The van der Waals surface area contributed by atoms with Gasteiger partial charge in [0, 0.05) is 33.0 Å². The second-order valence-electron chi connectivity index (χ2n) is 14.5. The van der Waals surface area contributed by atoms with Gasteiger partial charge in [0.25, 0.3) is 0 Å². The molecule has 2 aromatic heterocycles. The highest BCUT2D eigenvalue weighted by Crippen LogP contribution is 2.39. The SMILES string of the molecule is c1ccc(-c2cccc3c(-c4nc(-c5ccc(-c6nc(-c7cccc8c(-c9ccccc9)cccc78)c7ccccc7n6)cc5)nc5ccccc45)cccc23)cc1. The first-order valence-corrected chi connectivity index (χ1v) is 19.6. The van der Waals surface area contributed by atoms with Gasteiger partial charge in [-0.15, -0.1) is 0 Å². The van der Waals surface area contributed by atoms with Gasteiger partial charge in [-0.05, 0) is 55.9 Å². The van der Waals surface area contributed by atoms with Crippen molar-refractivity contribution in [3.63, 3.8) is 0 Å². The Bertz CT molecular complexity index is 3100. The Morgan fingerprint density at radius 3 is 0.948 bits per heavy atom. The van der Waals surface area contributed by atoms with Gasteiger partial charge in [0.1, 0.15) is 0 Å². The lowest BCUT2D eigenvalue weighted by Crippen LogP contribution is -1.97. The molecule has 2 heterocycles. The lowest BCUT2D eigenvalue weighted by Gasteiger charge is -2.14. The van der Waals surface area contributed by atoms with E-state index in [0.717, 1.165) is 66.2 Å². The average Bonchev–Trinajstić information content (AvgIpc) is 3.30. The van der Waals surface area contributed by atoms with E-state index in [2.05, 4.69) is 194 Å². The van der Waals surface area contributed by atoms with Crippen molar-refractivity contribution in [1.82, 2.24) is 19.9 Å². The van der Waals surface area contributed by atoms with Crippen LogP contribution in [0.5, 0.6) is 0 Å². The number of para-hydroxylation sites is 2. The fourth-order valence-corrected chi connectivity index (χ4v) is 8.36. The van der Waals surface area contributed by atoms with Crippen LogP contribution >= 0.6 is 0 Å². The average molecular weight is 739 g/mol. The number of nitrogens with zero attached hydrogens (tertiary/aromatic N) is 4. The monoisotopic (exact) mass is 738 g/mol. The summed E-state index contributed by atoms with van der Waals surface area (Å²) in [6, 6.07) is 72.1. The van der Waals surface area contributed by atoms with Crippen LogP contribution in [0.15, 0.2) is 206 Å². The van der Waals surface area contributed by atoms with Crippen molar-refractivity contribution in [2.75, 3.05) is 0 Å². The summed E-state index contributed by atoms with van der Waals surface area (Å²) in [5.41, 5.74) is 12.4. The Kier molecular flexibility index (Phi) is 8.11. The molecule has 0 unspecified atom stereocenters. The van der Waals surface area contributed by atoms with E-state index in [4.69, 9.17) is 19.9 Å². The van der Waals surface area contributed by atoms with Crippen molar-refractivity contribution in [2.45, 2.75) is 0 Å². The third-order valence-corrected chi connectivity index (χ3v) is 11.1. The minimum Gasteiger partial charge on any atom is -0.228 e.